The second-order valence-corrected chi connectivity index (χ2v) is 3.72. The summed E-state index contributed by atoms with van der Waals surface area (Å²) in [4.78, 5) is 15.0. The quantitative estimate of drug-likeness (QED) is 0.749. The van der Waals surface area contributed by atoms with E-state index < -0.39 is 11.4 Å². The van der Waals surface area contributed by atoms with Crippen LogP contribution in [-0.2, 0) is 18.3 Å². The molecular weight excluding hydrogens is 168 g/mol. The number of aliphatic carboxylic acids is 1. The minimum atomic E-state index is -0.685. The van der Waals surface area contributed by atoms with Crippen molar-refractivity contribution in [3.63, 3.8) is 0 Å². The smallest absolute Gasteiger partial charge is 0.310 e. The van der Waals surface area contributed by atoms with E-state index in [4.69, 9.17) is 5.11 Å². The zero-order chi connectivity index (χ0) is 9.47. The van der Waals surface area contributed by atoms with E-state index >= 15 is 0 Å². The molecule has 0 unspecified atom stereocenters. The summed E-state index contributed by atoms with van der Waals surface area (Å²) in [6.07, 6.45) is 5.68. The second-order valence-electron chi connectivity index (χ2n) is 3.72. The van der Waals surface area contributed by atoms with Crippen LogP contribution in [-0.4, -0.2) is 20.6 Å². The standard InChI is InChI=1S/C9H12N2O2/c1-11-5-4-10-7(11)6-9(2-3-9)8(12)13/h4-5H,2-3,6H2,1H3,(H,12,13). The van der Waals surface area contributed by atoms with Gasteiger partial charge in [0.05, 0.1) is 5.41 Å². The van der Waals surface area contributed by atoms with Crippen LogP contribution in [0.1, 0.15) is 18.7 Å². The Morgan fingerprint density at radius 1 is 1.77 bits per heavy atom. The van der Waals surface area contributed by atoms with Gasteiger partial charge in [-0.3, -0.25) is 4.79 Å². The zero-order valence-electron chi connectivity index (χ0n) is 7.53. The number of nitrogens with zero attached hydrogens (tertiary/aromatic N) is 2. The monoisotopic (exact) mass is 180 g/mol. The van der Waals surface area contributed by atoms with Crippen LogP contribution in [0.15, 0.2) is 12.4 Å². The van der Waals surface area contributed by atoms with Gasteiger partial charge in [-0.2, -0.15) is 0 Å². The summed E-state index contributed by atoms with van der Waals surface area (Å²) >= 11 is 0. The number of aromatic nitrogens is 2. The van der Waals surface area contributed by atoms with E-state index in [9.17, 15) is 4.79 Å². The maximum atomic E-state index is 10.9. The van der Waals surface area contributed by atoms with Gasteiger partial charge in [-0.05, 0) is 12.8 Å². The van der Waals surface area contributed by atoms with Crippen molar-refractivity contribution in [1.82, 2.24) is 9.55 Å². The van der Waals surface area contributed by atoms with Crippen LogP contribution in [0.2, 0.25) is 0 Å². The molecule has 0 spiro atoms. The maximum absolute atomic E-state index is 10.9. The van der Waals surface area contributed by atoms with Crippen molar-refractivity contribution in [1.29, 1.82) is 0 Å². The Morgan fingerprint density at radius 3 is 2.85 bits per heavy atom. The summed E-state index contributed by atoms with van der Waals surface area (Å²) in [6, 6.07) is 0. The highest BCUT2D eigenvalue weighted by atomic mass is 16.4. The van der Waals surface area contributed by atoms with Crippen molar-refractivity contribution >= 4 is 5.97 Å². The molecule has 1 heterocycles. The van der Waals surface area contributed by atoms with Gasteiger partial charge in [-0.15, -0.1) is 0 Å². The van der Waals surface area contributed by atoms with Crippen molar-refractivity contribution in [2.24, 2.45) is 12.5 Å². The zero-order valence-corrected chi connectivity index (χ0v) is 7.53. The highest BCUT2D eigenvalue weighted by Gasteiger charge is 2.50. The Bertz CT molecular complexity index is 339. The highest BCUT2D eigenvalue weighted by molar-refractivity contribution is 5.78. The molecule has 0 aromatic carbocycles. The lowest BCUT2D eigenvalue weighted by Crippen LogP contribution is -2.19. The fourth-order valence-electron chi connectivity index (χ4n) is 1.49. The summed E-state index contributed by atoms with van der Waals surface area (Å²) in [5, 5.41) is 8.96. The predicted molar refractivity (Wildman–Crippen MR) is 46.2 cm³/mol. The molecule has 70 valence electrons. The molecule has 1 aromatic heterocycles. The molecule has 0 atom stereocenters. The third-order valence-electron chi connectivity index (χ3n) is 2.72. The second kappa shape index (κ2) is 2.58. The number of aryl methyl sites for hydroxylation is 1. The molecule has 4 heteroatoms. The average Bonchev–Trinajstić information content (AvgIpc) is 2.74. The minimum absolute atomic E-state index is 0.501. The lowest BCUT2D eigenvalue weighted by Gasteiger charge is -2.08. The molecule has 1 aromatic rings. The number of hydrogen-bond donors (Lipinski definition) is 1. The van der Waals surface area contributed by atoms with Gasteiger partial charge in [0, 0.05) is 25.9 Å². The molecular formula is C9H12N2O2. The average molecular weight is 180 g/mol. The van der Waals surface area contributed by atoms with Gasteiger partial charge in [0.1, 0.15) is 5.82 Å². The summed E-state index contributed by atoms with van der Waals surface area (Å²) in [5.41, 5.74) is -0.501. The normalized spacial score (nSPS) is 18.5. The first-order chi connectivity index (χ1) is 6.14. The van der Waals surface area contributed by atoms with Gasteiger partial charge in [-0.1, -0.05) is 0 Å². The first-order valence-corrected chi connectivity index (χ1v) is 4.34. The molecule has 1 saturated carbocycles. The van der Waals surface area contributed by atoms with Crippen molar-refractivity contribution in [2.75, 3.05) is 0 Å². The summed E-state index contributed by atoms with van der Waals surface area (Å²) in [7, 11) is 1.89. The molecule has 1 aliphatic rings. The van der Waals surface area contributed by atoms with E-state index in [0.717, 1.165) is 18.7 Å². The molecule has 1 N–H and O–H groups in total. The highest BCUT2D eigenvalue weighted by Crippen LogP contribution is 2.48. The fraction of sp³-hybridized carbons (Fsp3) is 0.556. The third-order valence-corrected chi connectivity index (χ3v) is 2.72. The van der Waals surface area contributed by atoms with E-state index in [-0.39, 0.29) is 0 Å². The molecule has 0 aliphatic heterocycles. The molecule has 0 amide bonds. The SMILES string of the molecule is Cn1ccnc1CC1(C(=O)O)CC1. The van der Waals surface area contributed by atoms with E-state index in [1.165, 1.54) is 0 Å². The number of rotatable bonds is 3. The van der Waals surface area contributed by atoms with E-state index in [1.54, 1.807) is 6.20 Å². The Morgan fingerprint density at radius 2 is 2.46 bits per heavy atom. The molecule has 4 nitrogen and oxygen atoms in total. The number of hydrogen-bond acceptors (Lipinski definition) is 2. The summed E-state index contributed by atoms with van der Waals surface area (Å²) in [5.74, 6) is 0.176. The van der Waals surface area contributed by atoms with Crippen molar-refractivity contribution in [2.45, 2.75) is 19.3 Å². The van der Waals surface area contributed by atoms with Crippen LogP contribution in [0.5, 0.6) is 0 Å². The molecule has 0 radical (unpaired) electrons. The predicted octanol–water partition coefficient (Wildman–Crippen LogP) is 0.827. The number of carboxylic acids is 1. The molecule has 1 fully saturated rings. The lowest BCUT2D eigenvalue weighted by molar-refractivity contribution is -0.143. The molecule has 0 bridgehead atoms. The van der Waals surface area contributed by atoms with Crippen LogP contribution in [0.25, 0.3) is 0 Å². The van der Waals surface area contributed by atoms with E-state index in [2.05, 4.69) is 4.98 Å². The largest absolute Gasteiger partial charge is 0.481 e. The van der Waals surface area contributed by atoms with Crippen LogP contribution >= 0.6 is 0 Å². The van der Waals surface area contributed by atoms with Gasteiger partial charge in [0.25, 0.3) is 0 Å². The van der Waals surface area contributed by atoms with Gasteiger partial charge in [-0.25, -0.2) is 4.98 Å². The first-order valence-electron chi connectivity index (χ1n) is 4.34. The van der Waals surface area contributed by atoms with Crippen molar-refractivity contribution < 1.29 is 9.90 Å². The first kappa shape index (κ1) is 8.29. The molecule has 2 rings (SSSR count). The van der Waals surface area contributed by atoms with E-state index in [0.29, 0.717) is 6.42 Å². The van der Waals surface area contributed by atoms with Crippen LogP contribution in [0.3, 0.4) is 0 Å². The molecule has 0 saturated heterocycles. The Labute approximate surface area is 76.2 Å². The summed E-state index contributed by atoms with van der Waals surface area (Å²) < 4.78 is 1.88. The van der Waals surface area contributed by atoms with Gasteiger partial charge in [0.15, 0.2) is 0 Å². The van der Waals surface area contributed by atoms with Crippen LogP contribution in [0.4, 0.5) is 0 Å². The Hall–Kier alpha value is -1.32. The molecule has 1 aliphatic carbocycles. The van der Waals surface area contributed by atoms with E-state index in [1.807, 2.05) is 17.8 Å². The number of carbonyl (C=O) groups is 1. The topological polar surface area (TPSA) is 55.1 Å². The maximum Gasteiger partial charge on any atom is 0.310 e. The lowest BCUT2D eigenvalue weighted by atomic mass is 10.0. The third kappa shape index (κ3) is 1.32. The fourth-order valence-corrected chi connectivity index (χ4v) is 1.49. The summed E-state index contributed by atoms with van der Waals surface area (Å²) in [6.45, 7) is 0. The van der Waals surface area contributed by atoms with Crippen molar-refractivity contribution in [3.05, 3.63) is 18.2 Å². The van der Waals surface area contributed by atoms with Crippen molar-refractivity contribution in [3.8, 4) is 0 Å². The Kier molecular flexibility index (Phi) is 1.65. The van der Waals surface area contributed by atoms with Gasteiger partial charge < -0.3 is 9.67 Å². The Balaban J connectivity index is 2.15. The van der Waals surface area contributed by atoms with Gasteiger partial charge >= 0.3 is 5.97 Å². The number of imidazole rings is 1. The number of carboxylic acid groups (broad SMARTS) is 1. The molecule has 13 heavy (non-hydrogen) atoms. The van der Waals surface area contributed by atoms with Gasteiger partial charge in [0.2, 0.25) is 0 Å². The van der Waals surface area contributed by atoms with Crippen LogP contribution in [0, 0.1) is 5.41 Å². The van der Waals surface area contributed by atoms with Crippen LogP contribution < -0.4 is 0 Å². The minimum Gasteiger partial charge on any atom is -0.481 e.